The van der Waals surface area contributed by atoms with Crippen LogP contribution >= 0.6 is 15.9 Å². The topological polar surface area (TPSA) is 67.9 Å². The first-order valence-corrected chi connectivity index (χ1v) is 4.59. The summed E-state index contributed by atoms with van der Waals surface area (Å²) in [5.74, 6) is -0.430. The predicted octanol–water partition coefficient (Wildman–Crippen LogP) is 1.51. The maximum atomic E-state index is 11.1. The maximum Gasteiger partial charge on any atom is 0.354 e. The third kappa shape index (κ3) is 1.48. The molecule has 0 fully saturated rings. The van der Waals surface area contributed by atoms with Gasteiger partial charge in [0, 0.05) is 0 Å². The molecule has 2 rings (SSSR count). The summed E-state index contributed by atoms with van der Waals surface area (Å²) in [6.45, 7) is 0. The van der Waals surface area contributed by atoms with E-state index in [1.807, 2.05) is 0 Å². The van der Waals surface area contributed by atoms with Crippen LogP contribution in [0.25, 0.3) is 11.2 Å². The number of halogens is 1. The standard InChI is InChI=1S/C8H6BrN3O2/c1-14-8(13)5-2-4-7(11-5)12-6(9)3-10-4/h2-3H,1H3,(H,11,12). The fourth-order valence-corrected chi connectivity index (χ4v) is 1.37. The molecule has 0 atom stereocenters. The first-order chi connectivity index (χ1) is 6.70. The molecule has 5 nitrogen and oxygen atoms in total. The number of aromatic amines is 1. The molecule has 2 heterocycles. The number of H-pyrrole nitrogens is 1. The molecule has 0 spiro atoms. The van der Waals surface area contributed by atoms with Crippen LogP contribution in [-0.4, -0.2) is 28.0 Å². The minimum Gasteiger partial charge on any atom is -0.464 e. The van der Waals surface area contributed by atoms with Crippen molar-refractivity contribution in [3.8, 4) is 0 Å². The van der Waals surface area contributed by atoms with E-state index in [-0.39, 0.29) is 0 Å². The van der Waals surface area contributed by atoms with Gasteiger partial charge < -0.3 is 9.72 Å². The summed E-state index contributed by atoms with van der Waals surface area (Å²) in [5.41, 5.74) is 1.54. The van der Waals surface area contributed by atoms with Crippen LogP contribution in [0.3, 0.4) is 0 Å². The quantitative estimate of drug-likeness (QED) is 0.785. The smallest absolute Gasteiger partial charge is 0.354 e. The van der Waals surface area contributed by atoms with Crippen molar-refractivity contribution in [2.75, 3.05) is 7.11 Å². The normalized spacial score (nSPS) is 10.4. The van der Waals surface area contributed by atoms with E-state index >= 15 is 0 Å². The summed E-state index contributed by atoms with van der Waals surface area (Å²) < 4.78 is 5.17. The number of ether oxygens (including phenoxy) is 1. The van der Waals surface area contributed by atoms with Crippen molar-refractivity contribution in [3.05, 3.63) is 22.6 Å². The minimum absolute atomic E-state index is 0.348. The number of hydrogen-bond acceptors (Lipinski definition) is 4. The van der Waals surface area contributed by atoms with Crippen molar-refractivity contribution in [3.63, 3.8) is 0 Å². The Morgan fingerprint density at radius 3 is 3.14 bits per heavy atom. The molecule has 0 aliphatic carbocycles. The van der Waals surface area contributed by atoms with Crippen molar-refractivity contribution in [1.29, 1.82) is 0 Å². The predicted molar refractivity (Wildman–Crippen MR) is 52.9 cm³/mol. The molecule has 0 bridgehead atoms. The number of carbonyl (C=O) groups excluding carboxylic acids is 1. The Hall–Kier alpha value is -1.43. The first-order valence-electron chi connectivity index (χ1n) is 3.80. The van der Waals surface area contributed by atoms with E-state index in [0.717, 1.165) is 0 Å². The van der Waals surface area contributed by atoms with Gasteiger partial charge in [0.2, 0.25) is 0 Å². The molecule has 0 aromatic carbocycles. The first kappa shape index (κ1) is 9.14. The maximum absolute atomic E-state index is 11.1. The molecule has 0 saturated heterocycles. The zero-order valence-corrected chi connectivity index (χ0v) is 8.83. The zero-order valence-electron chi connectivity index (χ0n) is 7.24. The SMILES string of the molecule is COC(=O)c1cc2ncc(Br)nc2[nH]1. The van der Waals surface area contributed by atoms with E-state index < -0.39 is 5.97 Å². The van der Waals surface area contributed by atoms with Crippen LogP contribution in [0.5, 0.6) is 0 Å². The van der Waals surface area contributed by atoms with E-state index in [1.165, 1.54) is 7.11 Å². The lowest BCUT2D eigenvalue weighted by Gasteiger charge is -1.91. The lowest BCUT2D eigenvalue weighted by atomic mass is 10.4. The zero-order chi connectivity index (χ0) is 10.1. The number of fused-ring (bicyclic) bond motifs is 1. The number of nitrogens with zero attached hydrogens (tertiary/aromatic N) is 2. The van der Waals surface area contributed by atoms with Gasteiger partial charge in [-0.1, -0.05) is 0 Å². The van der Waals surface area contributed by atoms with Gasteiger partial charge in [0.15, 0.2) is 5.65 Å². The van der Waals surface area contributed by atoms with Crippen molar-refractivity contribution in [2.24, 2.45) is 0 Å². The molecule has 0 aliphatic rings. The van der Waals surface area contributed by atoms with E-state index in [9.17, 15) is 4.79 Å². The van der Waals surface area contributed by atoms with Crippen molar-refractivity contribution >= 4 is 33.1 Å². The van der Waals surface area contributed by atoms with Gasteiger partial charge in [-0.15, -0.1) is 0 Å². The minimum atomic E-state index is -0.430. The van der Waals surface area contributed by atoms with Crippen LogP contribution < -0.4 is 0 Å². The van der Waals surface area contributed by atoms with Gasteiger partial charge in [-0.2, -0.15) is 0 Å². The second-order valence-corrected chi connectivity index (χ2v) is 3.41. The molecule has 72 valence electrons. The van der Waals surface area contributed by atoms with Crippen LogP contribution in [0.15, 0.2) is 16.9 Å². The molecule has 0 unspecified atom stereocenters. The molecule has 0 radical (unpaired) electrons. The van der Waals surface area contributed by atoms with Crippen molar-refractivity contribution in [1.82, 2.24) is 15.0 Å². The second kappa shape index (κ2) is 3.38. The van der Waals surface area contributed by atoms with Gasteiger partial charge in [-0.25, -0.2) is 9.78 Å². The number of aromatic nitrogens is 3. The lowest BCUT2D eigenvalue weighted by molar-refractivity contribution is 0.0595. The lowest BCUT2D eigenvalue weighted by Crippen LogP contribution is -2.00. The van der Waals surface area contributed by atoms with Gasteiger partial charge in [0.1, 0.15) is 15.8 Å². The Labute approximate surface area is 87.6 Å². The molecule has 14 heavy (non-hydrogen) atoms. The largest absolute Gasteiger partial charge is 0.464 e. The summed E-state index contributed by atoms with van der Waals surface area (Å²) in [6, 6.07) is 1.60. The molecule has 0 amide bonds. The van der Waals surface area contributed by atoms with Crippen LogP contribution in [0.4, 0.5) is 0 Å². The summed E-state index contributed by atoms with van der Waals surface area (Å²) in [6.07, 6.45) is 1.57. The monoisotopic (exact) mass is 255 g/mol. The average molecular weight is 256 g/mol. The molecular formula is C8H6BrN3O2. The highest BCUT2D eigenvalue weighted by molar-refractivity contribution is 9.10. The van der Waals surface area contributed by atoms with E-state index in [0.29, 0.717) is 21.5 Å². The molecule has 0 saturated carbocycles. The Balaban J connectivity index is 2.56. The Bertz CT molecular complexity index is 494. The molecule has 2 aromatic heterocycles. The fourth-order valence-electron chi connectivity index (χ4n) is 1.09. The van der Waals surface area contributed by atoms with Crippen LogP contribution in [0.1, 0.15) is 10.5 Å². The second-order valence-electron chi connectivity index (χ2n) is 2.60. The van der Waals surface area contributed by atoms with Gasteiger partial charge in [0.25, 0.3) is 0 Å². The van der Waals surface area contributed by atoms with E-state index in [2.05, 4.69) is 35.6 Å². The van der Waals surface area contributed by atoms with Crippen LogP contribution in [-0.2, 0) is 4.74 Å². The third-order valence-electron chi connectivity index (χ3n) is 1.71. The number of hydrogen-bond donors (Lipinski definition) is 1. The van der Waals surface area contributed by atoms with Gasteiger partial charge in [-0.3, -0.25) is 4.98 Å². The molecule has 1 N–H and O–H groups in total. The summed E-state index contributed by atoms with van der Waals surface area (Å²) >= 11 is 3.19. The number of nitrogens with one attached hydrogen (secondary N) is 1. The van der Waals surface area contributed by atoms with E-state index in [1.54, 1.807) is 12.3 Å². The van der Waals surface area contributed by atoms with Crippen molar-refractivity contribution in [2.45, 2.75) is 0 Å². The molecule has 2 aromatic rings. The van der Waals surface area contributed by atoms with Gasteiger partial charge >= 0.3 is 5.97 Å². The third-order valence-corrected chi connectivity index (χ3v) is 2.09. The molecule has 6 heteroatoms. The van der Waals surface area contributed by atoms with Crippen LogP contribution in [0, 0.1) is 0 Å². The number of methoxy groups -OCH3 is 1. The number of rotatable bonds is 1. The van der Waals surface area contributed by atoms with Gasteiger partial charge in [-0.05, 0) is 22.0 Å². The Morgan fingerprint density at radius 2 is 2.43 bits per heavy atom. The summed E-state index contributed by atoms with van der Waals surface area (Å²) in [7, 11) is 1.32. The van der Waals surface area contributed by atoms with Gasteiger partial charge in [0.05, 0.1) is 13.3 Å². The molecular weight excluding hydrogens is 250 g/mol. The summed E-state index contributed by atoms with van der Waals surface area (Å²) in [4.78, 5) is 22.1. The average Bonchev–Trinajstić information content (AvgIpc) is 2.59. The Kier molecular flexibility index (Phi) is 2.20. The highest BCUT2D eigenvalue weighted by Crippen LogP contribution is 2.14. The van der Waals surface area contributed by atoms with Crippen LogP contribution in [0.2, 0.25) is 0 Å². The Morgan fingerprint density at radius 1 is 1.64 bits per heavy atom. The fraction of sp³-hybridized carbons (Fsp3) is 0.125. The highest BCUT2D eigenvalue weighted by Gasteiger charge is 2.10. The summed E-state index contributed by atoms with van der Waals surface area (Å²) in [5, 5.41) is 0. The highest BCUT2D eigenvalue weighted by atomic mass is 79.9. The number of esters is 1. The van der Waals surface area contributed by atoms with E-state index in [4.69, 9.17) is 0 Å². The number of carbonyl (C=O) groups is 1. The molecule has 0 aliphatic heterocycles. The van der Waals surface area contributed by atoms with Crippen molar-refractivity contribution < 1.29 is 9.53 Å².